The van der Waals surface area contributed by atoms with Crippen LogP contribution in [0.5, 0.6) is 0 Å². The molecule has 0 spiro atoms. The summed E-state index contributed by atoms with van der Waals surface area (Å²) in [6, 6.07) is 13.5. The molecule has 0 unspecified atom stereocenters. The van der Waals surface area contributed by atoms with Crippen LogP contribution >= 0.6 is 38.9 Å². The molecule has 0 atom stereocenters. The molecule has 1 aliphatic carbocycles. The molecule has 1 heterocycles. The number of thiophene rings is 1. The first-order valence-corrected chi connectivity index (χ1v) is 8.92. The van der Waals surface area contributed by atoms with E-state index in [4.69, 9.17) is 11.6 Å². The topological polar surface area (TPSA) is 12.0 Å². The van der Waals surface area contributed by atoms with Crippen LogP contribution in [0, 0.1) is 0 Å². The van der Waals surface area contributed by atoms with Gasteiger partial charge in [-0.2, -0.15) is 0 Å². The molecule has 0 bridgehead atoms. The van der Waals surface area contributed by atoms with Gasteiger partial charge in [0.25, 0.3) is 0 Å². The van der Waals surface area contributed by atoms with Gasteiger partial charge in [0.15, 0.2) is 0 Å². The van der Waals surface area contributed by atoms with Gasteiger partial charge in [-0.15, -0.1) is 11.3 Å². The molecule has 1 aromatic heterocycles. The molecule has 1 N–H and O–H groups in total. The van der Waals surface area contributed by atoms with Gasteiger partial charge in [-0.05, 0) is 55.0 Å². The van der Waals surface area contributed by atoms with Gasteiger partial charge in [-0.1, -0.05) is 39.7 Å². The van der Waals surface area contributed by atoms with E-state index in [9.17, 15) is 0 Å². The van der Waals surface area contributed by atoms with Gasteiger partial charge in [-0.3, -0.25) is 0 Å². The van der Waals surface area contributed by atoms with Crippen molar-refractivity contribution in [2.75, 3.05) is 6.54 Å². The SMILES string of the molecule is Clc1ccc(CCNC2CC(c3cccc(Br)c3)C2)s1. The molecule has 0 radical (unpaired) electrons. The molecule has 1 saturated carbocycles. The van der Waals surface area contributed by atoms with Crippen LogP contribution < -0.4 is 5.32 Å². The summed E-state index contributed by atoms with van der Waals surface area (Å²) in [6.45, 7) is 1.05. The summed E-state index contributed by atoms with van der Waals surface area (Å²) in [5.41, 5.74) is 1.46. The second-order valence-electron chi connectivity index (χ2n) is 5.33. The van der Waals surface area contributed by atoms with Crippen LogP contribution in [0.4, 0.5) is 0 Å². The fraction of sp³-hybridized carbons (Fsp3) is 0.375. The summed E-state index contributed by atoms with van der Waals surface area (Å²) in [7, 11) is 0. The van der Waals surface area contributed by atoms with E-state index in [-0.39, 0.29) is 0 Å². The Balaban J connectivity index is 1.40. The lowest BCUT2D eigenvalue weighted by Gasteiger charge is -2.36. The van der Waals surface area contributed by atoms with Crippen LogP contribution in [0.25, 0.3) is 0 Å². The molecule has 1 aliphatic rings. The molecule has 1 fully saturated rings. The van der Waals surface area contributed by atoms with Crippen molar-refractivity contribution in [3.8, 4) is 0 Å². The molecule has 106 valence electrons. The van der Waals surface area contributed by atoms with Crippen molar-refractivity contribution in [3.63, 3.8) is 0 Å². The van der Waals surface area contributed by atoms with Gasteiger partial charge in [-0.25, -0.2) is 0 Å². The maximum Gasteiger partial charge on any atom is 0.0931 e. The Hall–Kier alpha value is -0.350. The van der Waals surface area contributed by atoms with E-state index in [0.29, 0.717) is 6.04 Å². The molecule has 2 aromatic rings. The molecule has 1 aromatic carbocycles. The molecule has 3 rings (SSSR count). The molecule has 1 nitrogen and oxygen atoms in total. The van der Waals surface area contributed by atoms with Gasteiger partial charge in [0.1, 0.15) is 0 Å². The maximum absolute atomic E-state index is 5.93. The predicted molar refractivity (Wildman–Crippen MR) is 90.9 cm³/mol. The smallest absolute Gasteiger partial charge is 0.0931 e. The third-order valence-electron chi connectivity index (χ3n) is 3.89. The average molecular weight is 371 g/mol. The Morgan fingerprint density at radius 2 is 2.10 bits per heavy atom. The lowest BCUT2D eigenvalue weighted by molar-refractivity contribution is 0.293. The first kappa shape index (κ1) is 14.6. The van der Waals surface area contributed by atoms with Crippen LogP contribution in [0.3, 0.4) is 0 Å². The minimum atomic E-state index is 0.675. The number of hydrogen-bond acceptors (Lipinski definition) is 2. The lowest BCUT2D eigenvalue weighted by Crippen LogP contribution is -2.40. The number of rotatable bonds is 5. The molecule has 0 aliphatic heterocycles. The zero-order valence-electron chi connectivity index (χ0n) is 11.1. The molecule has 20 heavy (non-hydrogen) atoms. The highest BCUT2D eigenvalue weighted by Gasteiger charge is 2.29. The van der Waals surface area contributed by atoms with Crippen LogP contribution in [-0.4, -0.2) is 12.6 Å². The van der Waals surface area contributed by atoms with Crippen LogP contribution in [0.1, 0.15) is 29.2 Å². The van der Waals surface area contributed by atoms with E-state index >= 15 is 0 Å². The largest absolute Gasteiger partial charge is 0.314 e. The van der Waals surface area contributed by atoms with Gasteiger partial charge >= 0.3 is 0 Å². The average Bonchev–Trinajstić information content (AvgIpc) is 2.78. The maximum atomic E-state index is 5.93. The second kappa shape index (κ2) is 6.61. The number of benzene rings is 1. The van der Waals surface area contributed by atoms with E-state index in [0.717, 1.165) is 23.2 Å². The molecular weight excluding hydrogens is 354 g/mol. The summed E-state index contributed by atoms with van der Waals surface area (Å²) in [4.78, 5) is 1.37. The monoisotopic (exact) mass is 369 g/mol. The van der Waals surface area contributed by atoms with Crippen molar-refractivity contribution in [3.05, 3.63) is 55.6 Å². The van der Waals surface area contributed by atoms with E-state index in [1.807, 2.05) is 6.07 Å². The summed E-state index contributed by atoms with van der Waals surface area (Å²) >= 11 is 11.2. The van der Waals surface area contributed by atoms with Gasteiger partial charge in [0.2, 0.25) is 0 Å². The predicted octanol–water partition coefficient (Wildman–Crippen LogP) is 5.24. The van der Waals surface area contributed by atoms with Crippen LogP contribution in [0.15, 0.2) is 40.9 Å². The molecule has 4 heteroatoms. The summed E-state index contributed by atoms with van der Waals surface area (Å²) in [5, 5.41) is 3.64. The molecule has 0 saturated heterocycles. The molecular formula is C16H17BrClNS. The standard InChI is InChI=1S/C16H17BrClNS/c17-13-3-1-2-11(8-13)12-9-14(10-12)19-7-6-15-4-5-16(18)20-15/h1-5,8,12,14,19H,6-7,9-10H2. The Labute approximate surface area is 137 Å². The highest BCUT2D eigenvalue weighted by Crippen LogP contribution is 2.37. The summed E-state index contributed by atoms with van der Waals surface area (Å²) < 4.78 is 2.07. The van der Waals surface area contributed by atoms with E-state index in [2.05, 4.69) is 51.6 Å². The zero-order chi connectivity index (χ0) is 13.9. The van der Waals surface area contributed by atoms with Crippen LogP contribution in [0.2, 0.25) is 4.34 Å². The van der Waals surface area contributed by atoms with Gasteiger partial charge in [0.05, 0.1) is 4.34 Å². The first-order valence-electron chi connectivity index (χ1n) is 6.94. The third kappa shape index (κ3) is 3.64. The van der Waals surface area contributed by atoms with Crippen molar-refractivity contribution < 1.29 is 0 Å². The highest BCUT2D eigenvalue weighted by atomic mass is 79.9. The first-order chi connectivity index (χ1) is 9.70. The van der Waals surface area contributed by atoms with Crippen molar-refractivity contribution in [1.82, 2.24) is 5.32 Å². The van der Waals surface area contributed by atoms with E-state index in [1.54, 1.807) is 11.3 Å². The Morgan fingerprint density at radius 3 is 2.80 bits per heavy atom. The van der Waals surface area contributed by atoms with Crippen LogP contribution in [-0.2, 0) is 6.42 Å². The quantitative estimate of drug-likeness (QED) is 0.758. The van der Waals surface area contributed by atoms with Gasteiger partial charge < -0.3 is 5.32 Å². The Bertz CT molecular complexity index is 577. The van der Waals surface area contributed by atoms with E-state index < -0.39 is 0 Å². The normalized spacial score (nSPS) is 21.7. The third-order valence-corrected chi connectivity index (χ3v) is 5.68. The second-order valence-corrected chi connectivity index (χ2v) is 8.05. The number of halogens is 2. The number of nitrogens with one attached hydrogen (secondary N) is 1. The highest BCUT2D eigenvalue weighted by molar-refractivity contribution is 9.10. The fourth-order valence-corrected chi connectivity index (χ4v) is 4.21. The minimum absolute atomic E-state index is 0.675. The van der Waals surface area contributed by atoms with E-state index in [1.165, 1.54) is 27.8 Å². The lowest BCUT2D eigenvalue weighted by atomic mass is 9.76. The van der Waals surface area contributed by atoms with Crippen molar-refractivity contribution in [2.24, 2.45) is 0 Å². The van der Waals surface area contributed by atoms with Crippen molar-refractivity contribution in [2.45, 2.75) is 31.2 Å². The summed E-state index contributed by atoms with van der Waals surface area (Å²) in [5.74, 6) is 0.723. The zero-order valence-corrected chi connectivity index (χ0v) is 14.3. The Morgan fingerprint density at radius 1 is 1.25 bits per heavy atom. The molecule has 0 amide bonds. The summed E-state index contributed by atoms with van der Waals surface area (Å²) in [6.07, 6.45) is 3.58. The van der Waals surface area contributed by atoms with Crippen molar-refractivity contribution in [1.29, 1.82) is 0 Å². The fourth-order valence-electron chi connectivity index (χ4n) is 2.70. The minimum Gasteiger partial charge on any atom is -0.314 e. The van der Waals surface area contributed by atoms with Gasteiger partial charge in [0, 0.05) is 21.9 Å². The Kier molecular flexibility index (Phi) is 4.82. The van der Waals surface area contributed by atoms with Crippen molar-refractivity contribution >= 4 is 38.9 Å². The number of hydrogen-bond donors (Lipinski definition) is 1.